The van der Waals surface area contributed by atoms with Crippen LogP contribution in [-0.2, 0) is 9.53 Å². The molecule has 15 heavy (non-hydrogen) atoms. The summed E-state index contributed by atoms with van der Waals surface area (Å²) in [4.78, 5) is 11.0. The predicted octanol–water partition coefficient (Wildman–Crippen LogP) is 1.85. The molecular formula is C11H12O4. The third-order valence-electron chi connectivity index (χ3n) is 2.05. The first-order valence-electron chi connectivity index (χ1n) is 4.34. The van der Waals surface area contributed by atoms with Gasteiger partial charge in [0.2, 0.25) is 0 Å². The molecule has 0 saturated heterocycles. The molecule has 1 aromatic carbocycles. The number of para-hydroxylation sites is 1. The van der Waals surface area contributed by atoms with Gasteiger partial charge in [0.1, 0.15) is 17.1 Å². The Morgan fingerprint density at radius 3 is 2.40 bits per heavy atom. The number of allylic oxidation sites excluding steroid dienone is 1. The third-order valence-corrected chi connectivity index (χ3v) is 2.05. The Bertz CT molecular complexity index is 407. The number of rotatable bonds is 3. The lowest BCUT2D eigenvalue weighted by Gasteiger charge is -2.08. The topological polar surface area (TPSA) is 66.8 Å². The number of hydrogen-bond acceptors (Lipinski definition) is 3. The molecule has 0 atom stereocenters. The number of benzene rings is 1. The van der Waals surface area contributed by atoms with Gasteiger partial charge in [-0.3, -0.25) is 0 Å². The van der Waals surface area contributed by atoms with Crippen molar-refractivity contribution in [2.75, 3.05) is 7.11 Å². The van der Waals surface area contributed by atoms with Crippen LogP contribution in [0, 0.1) is 0 Å². The molecular weight excluding hydrogens is 196 g/mol. The van der Waals surface area contributed by atoms with E-state index in [1.807, 2.05) is 0 Å². The van der Waals surface area contributed by atoms with Crippen LogP contribution in [0.2, 0.25) is 0 Å². The summed E-state index contributed by atoms with van der Waals surface area (Å²) in [7, 11) is 1.39. The molecule has 0 radical (unpaired) electrons. The molecule has 0 aliphatic heterocycles. The molecule has 0 saturated carbocycles. The molecule has 0 fully saturated rings. The SMILES string of the molecule is CO/C(C)=C(/C(=O)O)c1ccccc1O. The number of phenolic OH excluding ortho intramolecular Hbond substituents is 1. The van der Waals surface area contributed by atoms with E-state index in [1.165, 1.54) is 26.2 Å². The normalized spacial score (nSPS) is 11.9. The highest BCUT2D eigenvalue weighted by Crippen LogP contribution is 2.27. The Morgan fingerprint density at radius 1 is 1.33 bits per heavy atom. The van der Waals surface area contributed by atoms with Crippen molar-refractivity contribution in [2.24, 2.45) is 0 Å². The smallest absolute Gasteiger partial charge is 0.339 e. The number of aromatic hydroxyl groups is 1. The fraction of sp³-hybridized carbons (Fsp3) is 0.182. The van der Waals surface area contributed by atoms with Gasteiger partial charge in [-0.1, -0.05) is 18.2 Å². The van der Waals surface area contributed by atoms with E-state index < -0.39 is 5.97 Å². The minimum atomic E-state index is -1.13. The molecule has 1 rings (SSSR count). The lowest BCUT2D eigenvalue weighted by molar-refractivity contribution is -0.130. The first kappa shape index (κ1) is 11.1. The van der Waals surface area contributed by atoms with E-state index in [0.29, 0.717) is 0 Å². The summed E-state index contributed by atoms with van der Waals surface area (Å²) in [5.74, 6) is -0.953. The van der Waals surface area contributed by atoms with E-state index in [2.05, 4.69) is 0 Å². The maximum absolute atomic E-state index is 11.0. The quantitative estimate of drug-likeness (QED) is 0.587. The van der Waals surface area contributed by atoms with Gasteiger partial charge in [-0.2, -0.15) is 0 Å². The molecule has 0 amide bonds. The van der Waals surface area contributed by atoms with Gasteiger partial charge < -0.3 is 14.9 Å². The Kier molecular flexibility index (Phi) is 3.33. The van der Waals surface area contributed by atoms with Crippen LogP contribution in [0.15, 0.2) is 30.0 Å². The summed E-state index contributed by atoms with van der Waals surface area (Å²) in [6, 6.07) is 6.24. The number of methoxy groups -OCH3 is 1. The van der Waals surface area contributed by atoms with Crippen molar-refractivity contribution >= 4 is 11.5 Å². The maximum Gasteiger partial charge on any atom is 0.339 e. The molecule has 0 bridgehead atoms. The summed E-state index contributed by atoms with van der Waals surface area (Å²) < 4.78 is 4.87. The van der Waals surface area contributed by atoms with Crippen LogP contribution < -0.4 is 0 Å². The zero-order valence-electron chi connectivity index (χ0n) is 8.52. The maximum atomic E-state index is 11.0. The number of hydrogen-bond donors (Lipinski definition) is 2. The van der Waals surface area contributed by atoms with Crippen molar-refractivity contribution in [3.8, 4) is 5.75 Å². The number of carboxylic acid groups (broad SMARTS) is 1. The Balaban J connectivity index is 3.36. The number of carbonyl (C=O) groups is 1. The highest BCUT2D eigenvalue weighted by atomic mass is 16.5. The number of aliphatic carboxylic acids is 1. The summed E-state index contributed by atoms with van der Waals surface area (Å²) in [6.45, 7) is 1.54. The Hall–Kier alpha value is -1.97. The highest BCUT2D eigenvalue weighted by molar-refractivity contribution is 6.16. The third kappa shape index (κ3) is 2.28. The van der Waals surface area contributed by atoms with Gasteiger partial charge in [-0.25, -0.2) is 4.79 Å². The van der Waals surface area contributed by atoms with Crippen molar-refractivity contribution in [1.82, 2.24) is 0 Å². The van der Waals surface area contributed by atoms with E-state index >= 15 is 0 Å². The van der Waals surface area contributed by atoms with E-state index in [1.54, 1.807) is 12.1 Å². The molecule has 0 unspecified atom stereocenters. The van der Waals surface area contributed by atoms with Gasteiger partial charge in [0.05, 0.1) is 7.11 Å². The van der Waals surface area contributed by atoms with Crippen LogP contribution in [0.4, 0.5) is 0 Å². The van der Waals surface area contributed by atoms with E-state index in [-0.39, 0.29) is 22.6 Å². The average molecular weight is 208 g/mol. The van der Waals surface area contributed by atoms with E-state index in [4.69, 9.17) is 9.84 Å². The van der Waals surface area contributed by atoms with Crippen molar-refractivity contribution in [3.63, 3.8) is 0 Å². The summed E-state index contributed by atoms with van der Waals surface area (Å²) >= 11 is 0. The lowest BCUT2D eigenvalue weighted by Crippen LogP contribution is -2.03. The van der Waals surface area contributed by atoms with Crippen LogP contribution in [0.1, 0.15) is 12.5 Å². The van der Waals surface area contributed by atoms with Crippen LogP contribution >= 0.6 is 0 Å². The summed E-state index contributed by atoms with van der Waals surface area (Å²) in [6.07, 6.45) is 0. The molecule has 0 aromatic heterocycles. The Morgan fingerprint density at radius 2 is 1.93 bits per heavy atom. The minimum Gasteiger partial charge on any atom is -0.507 e. The summed E-state index contributed by atoms with van der Waals surface area (Å²) in [5.41, 5.74) is 0.222. The van der Waals surface area contributed by atoms with Gasteiger partial charge >= 0.3 is 5.97 Å². The van der Waals surface area contributed by atoms with Crippen molar-refractivity contribution in [2.45, 2.75) is 6.92 Å². The number of phenols is 1. The van der Waals surface area contributed by atoms with Crippen molar-refractivity contribution < 1.29 is 19.7 Å². The van der Waals surface area contributed by atoms with E-state index in [9.17, 15) is 9.90 Å². The van der Waals surface area contributed by atoms with Gasteiger partial charge in [0.15, 0.2) is 0 Å². The zero-order chi connectivity index (χ0) is 11.4. The van der Waals surface area contributed by atoms with Crippen LogP contribution in [0.3, 0.4) is 0 Å². The molecule has 0 aliphatic rings. The van der Waals surface area contributed by atoms with Gasteiger partial charge in [-0.05, 0) is 13.0 Å². The molecule has 80 valence electrons. The van der Waals surface area contributed by atoms with Crippen LogP contribution in [-0.4, -0.2) is 23.3 Å². The molecule has 0 aliphatic carbocycles. The highest BCUT2D eigenvalue weighted by Gasteiger charge is 2.17. The second kappa shape index (κ2) is 4.50. The lowest BCUT2D eigenvalue weighted by atomic mass is 10.0. The average Bonchev–Trinajstić information content (AvgIpc) is 2.20. The zero-order valence-corrected chi connectivity index (χ0v) is 8.52. The van der Waals surface area contributed by atoms with Crippen LogP contribution in [0.5, 0.6) is 5.75 Å². The first-order valence-corrected chi connectivity index (χ1v) is 4.34. The number of ether oxygens (including phenoxy) is 1. The molecule has 2 N–H and O–H groups in total. The van der Waals surface area contributed by atoms with Gasteiger partial charge in [0.25, 0.3) is 0 Å². The monoisotopic (exact) mass is 208 g/mol. The first-order chi connectivity index (χ1) is 7.07. The second-order valence-electron chi connectivity index (χ2n) is 2.96. The minimum absolute atomic E-state index is 0.0319. The van der Waals surface area contributed by atoms with Crippen molar-refractivity contribution in [1.29, 1.82) is 0 Å². The molecule has 1 aromatic rings. The van der Waals surface area contributed by atoms with Crippen molar-refractivity contribution in [3.05, 3.63) is 35.6 Å². The predicted molar refractivity (Wildman–Crippen MR) is 55.3 cm³/mol. The number of carboxylic acids is 1. The largest absolute Gasteiger partial charge is 0.507 e. The standard InChI is InChI=1S/C11H12O4/c1-7(15-2)10(11(13)14)8-5-3-4-6-9(8)12/h3-6,12H,1-2H3,(H,13,14)/b10-7+. The second-order valence-corrected chi connectivity index (χ2v) is 2.96. The molecule has 4 heteroatoms. The molecule has 0 heterocycles. The summed E-state index contributed by atoms with van der Waals surface area (Å²) in [5, 5.41) is 18.5. The van der Waals surface area contributed by atoms with Gasteiger partial charge in [-0.15, -0.1) is 0 Å². The van der Waals surface area contributed by atoms with Crippen LogP contribution in [0.25, 0.3) is 5.57 Å². The molecule has 0 spiro atoms. The van der Waals surface area contributed by atoms with Gasteiger partial charge in [0, 0.05) is 5.56 Å². The molecule has 4 nitrogen and oxygen atoms in total. The fourth-order valence-electron chi connectivity index (χ4n) is 1.24. The fourth-order valence-corrected chi connectivity index (χ4v) is 1.24. The Labute approximate surface area is 87.4 Å². The van der Waals surface area contributed by atoms with E-state index in [0.717, 1.165) is 0 Å².